The van der Waals surface area contributed by atoms with E-state index in [9.17, 15) is 4.79 Å². The molecule has 1 amide bonds. The van der Waals surface area contributed by atoms with Crippen LogP contribution in [0.5, 0.6) is 0 Å². The molecule has 80 valence electrons. The summed E-state index contributed by atoms with van der Waals surface area (Å²) in [5.74, 6) is -0.518. The average Bonchev–Trinajstić information content (AvgIpc) is 2.29. The van der Waals surface area contributed by atoms with Crippen molar-refractivity contribution in [2.24, 2.45) is 5.73 Å². The van der Waals surface area contributed by atoms with Crippen LogP contribution >= 0.6 is 0 Å². The van der Waals surface area contributed by atoms with Crippen molar-refractivity contribution in [2.75, 3.05) is 0 Å². The molecule has 3 nitrogen and oxygen atoms in total. The Balaban J connectivity index is 2.51. The summed E-state index contributed by atoms with van der Waals surface area (Å²) in [6, 6.07) is 13.4. The molecule has 0 aliphatic heterocycles. The molecule has 0 fully saturated rings. The van der Waals surface area contributed by atoms with Crippen LogP contribution < -0.4 is 9.96 Å². The second-order valence-corrected chi connectivity index (χ2v) is 5.48. The predicted molar refractivity (Wildman–Crippen MR) is 63.2 cm³/mol. The third kappa shape index (κ3) is 2.13. The van der Waals surface area contributed by atoms with Gasteiger partial charge in [-0.25, -0.2) is 0 Å². The van der Waals surface area contributed by atoms with Crippen LogP contribution in [0.1, 0.15) is 10.4 Å². The van der Waals surface area contributed by atoms with Gasteiger partial charge in [0, 0.05) is 0 Å². The summed E-state index contributed by atoms with van der Waals surface area (Å²) in [4.78, 5) is 11.0. The van der Waals surface area contributed by atoms with Crippen molar-refractivity contribution in [1.29, 1.82) is 5.41 Å². The van der Waals surface area contributed by atoms with Gasteiger partial charge in [0.15, 0.2) is 0 Å². The van der Waals surface area contributed by atoms with Crippen LogP contribution in [0, 0.1) is 5.41 Å². The Labute approximate surface area is 98.8 Å². The van der Waals surface area contributed by atoms with Crippen molar-refractivity contribution in [3.8, 4) is 10.0 Å². The van der Waals surface area contributed by atoms with E-state index in [4.69, 9.17) is 11.1 Å². The number of nitrogens with two attached hydrogens (primary N) is 1. The SMILES string of the molecule is N=c1[se]c(-c2ccccc2)ccc1C(N)=O. The number of hydrogen-bond donors (Lipinski definition) is 2. The molecule has 0 spiro atoms. The fourth-order valence-electron chi connectivity index (χ4n) is 1.39. The van der Waals surface area contributed by atoms with Crippen LogP contribution in [0.2, 0.25) is 0 Å². The zero-order valence-corrected chi connectivity index (χ0v) is 10.1. The summed E-state index contributed by atoms with van der Waals surface area (Å²) in [5, 5.41) is 7.77. The zero-order valence-electron chi connectivity index (χ0n) is 8.44. The molecule has 2 rings (SSSR count). The summed E-state index contributed by atoms with van der Waals surface area (Å²) in [6.07, 6.45) is 0. The number of amides is 1. The Bertz CT molecular complexity index is 575. The number of carbonyl (C=O) groups excluding carboxylic acids is 1. The van der Waals surface area contributed by atoms with Crippen LogP contribution in [0.4, 0.5) is 0 Å². The normalized spacial score (nSPS) is 10.0. The van der Waals surface area contributed by atoms with Crippen molar-refractivity contribution >= 4 is 20.4 Å². The number of rotatable bonds is 2. The first-order valence-electron chi connectivity index (χ1n) is 4.72. The van der Waals surface area contributed by atoms with Crippen molar-refractivity contribution in [3.05, 3.63) is 52.3 Å². The van der Waals surface area contributed by atoms with E-state index in [2.05, 4.69) is 0 Å². The number of benzene rings is 1. The van der Waals surface area contributed by atoms with Gasteiger partial charge in [-0.05, 0) is 0 Å². The van der Waals surface area contributed by atoms with E-state index in [-0.39, 0.29) is 14.5 Å². The Kier molecular flexibility index (Phi) is 3.04. The third-order valence-corrected chi connectivity index (χ3v) is 4.31. The van der Waals surface area contributed by atoms with E-state index in [1.165, 1.54) is 0 Å². The summed E-state index contributed by atoms with van der Waals surface area (Å²) in [6.45, 7) is 0. The van der Waals surface area contributed by atoms with E-state index >= 15 is 0 Å². The van der Waals surface area contributed by atoms with E-state index < -0.39 is 5.91 Å². The van der Waals surface area contributed by atoms with Crippen molar-refractivity contribution < 1.29 is 4.79 Å². The molecule has 1 aromatic carbocycles. The van der Waals surface area contributed by atoms with Gasteiger partial charge >= 0.3 is 98.6 Å². The maximum absolute atomic E-state index is 11.0. The molecule has 0 aliphatic rings. The molecule has 16 heavy (non-hydrogen) atoms. The Hall–Kier alpha value is -1.64. The van der Waals surface area contributed by atoms with Crippen molar-refractivity contribution in [1.82, 2.24) is 0 Å². The molecule has 0 saturated heterocycles. The summed E-state index contributed by atoms with van der Waals surface area (Å²) in [7, 11) is 0. The number of nitrogens with one attached hydrogen (secondary N) is 1. The first-order chi connectivity index (χ1) is 7.68. The van der Waals surface area contributed by atoms with Crippen molar-refractivity contribution in [3.63, 3.8) is 0 Å². The first kappa shape index (κ1) is 10.9. The molecule has 0 aliphatic carbocycles. The average molecular weight is 277 g/mol. The number of carbonyl (C=O) groups is 1. The monoisotopic (exact) mass is 278 g/mol. The molecule has 1 aromatic heterocycles. The standard InChI is InChI=1S/C12H10N2OSe/c13-11(15)9-6-7-10(16-12(9)14)8-4-2-1-3-5-8/h1-7,14H,(H2,13,15). The van der Waals surface area contributed by atoms with Crippen molar-refractivity contribution in [2.45, 2.75) is 0 Å². The van der Waals surface area contributed by atoms with Crippen LogP contribution in [-0.2, 0) is 0 Å². The second kappa shape index (κ2) is 4.47. The van der Waals surface area contributed by atoms with Crippen LogP contribution in [0.3, 0.4) is 0 Å². The van der Waals surface area contributed by atoms with Crippen LogP contribution in [-0.4, -0.2) is 20.4 Å². The molecule has 0 bridgehead atoms. The van der Waals surface area contributed by atoms with E-state index in [0.717, 1.165) is 10.0 Å². The van der Waals surface area contributed by atoms with Gasteiger partial charge in [-0.15, -0.1) is 0 Å². The van der Waals surface area contributed by atoms with E-state index in [1.807, 2.05) is 36.4 Å². The first-order valence-corrected chi connectivity index (χ1v) is 6.44. The van der Waals surface area contributed by atoms with Crippen LogP contribution in [0.25, 0.3) is 10.0 Å². The van der Waals surface area contributed by atoms with E-state index in [0.29, 0.717) is 9.79 Å². The Morgan fingerprint density at radius 2 is 1.81 bits per heavy atom. The number of primary amides is 1. The Morgan fingerprint density at radius 1 is 1.12 bits per heavy atom. The zero-order chi connectivity index (χ0) is 11.5. The van der Waals surface area contributed by atoms with Gasteiger partial charge in [-0.1, -0.05) is 0 Å². The van der Waals surface area contributed by atoms with Gasteiger partial charge < -0.3 is 0 Å². The molecular formula is C12H10N2OSe. The van der Waals surface area contributed by atoms with Gasteiger partial charge in [0.05, 0.1) is 0 Å². The van der Waals surface area contributed by atoms with E-state index in [1.54, 1.807) is 6.07 Å². The minimum atomic E-state index is -0.518. The van der Waals surface area contributed by atoms with Gasteiger partial charge in [-0.2, -0.15) is 0 Å². The Morgan fingerprint density at radius 3 is 2.38 bits per heavy atom. The van der Waals surface area contributed by atoms with Crippen LogP contribution in [0.15, 0.2) is 42.5 Å². The second-order valence-electron chi connectivity index (χ2n) is 3.27. The van der Waals surface area contributed by atoms with Gasteiger partial charge in [0.25, 0.3) is 0 Å². The number of hydrogen-bond acceptors (Lipinski definition) is 2. The molecular weight excluding hydrogens is 267 g/mol. The maximum atomic E-state index is 11.0. The summed E-state index contributed by atoms with van der Waals surface area (Å²) >= 11 is -0.138. The van der Waals surface area contributed by atoms with Gasteiger partial charge in [0.2, 0.25) is 0 Å². The molecule has 0 unspecified atom stereocenters. The summed E-state index contributed by atoms with van der Waals surface area (Å²) in [5.41, 5.74) is 6.61. The topological polar surface area (TPSA) is 66.9 Å². The van der Waals surface area contributed by atoms with Gasteiger partial charge in [0.1, 0.15) is 0 Å². The predicted octanol–water partition coefficient (Wildman–Crippen LogP) is 0.989. The van der Waals surface area contributed by atoms with Gasteiger partial charge in [-0.3, -0.25) is 0 Å². The molecule has 1 heterocycles. The fourth-order valence-corrected chi connectivity index (χ4v) is 3.25. The molecule has 3 N–H and O–H groups in total. The molecule has 2 aromatic rings. The minimum absolute atomic E-state index is 0.138. The quantitative estimate of drug-likeness (QED) is 0.790. The summed E-state index contributed by atoms with van der Waals surface area (Å²) < 4.78 is 1.45. The molecule has 0 atom stereocenters. The fraction of sp³-hybridized carbons (Fsp3) is 0. The third-order valence-electron chi connectivity index (χ3n) is 2.18. The molecule has 0 saturated carbocycles. The molecule has 0 radical (unpaired) electrons. The molecule has 4 heteroatoms.